The van der Waals surface area contributed by atoms with Crippen molar-refractivity contribution >= 4 is 21.7 Å². The van der Waals surface area contributed by atoms with Crippen LogP contribution in [0, 0.1) is 0 Å². The van der Waals surface area contributed by atoms with E-state index >= 15 is 0 Å². The fourth-order valence-corrected chi connectivity index (χ4v) is 6.17. The first-order valence-electron chi connectivity index (χ1n) is 11.2. The molecular formula is C24H30N2O6S. The number of aliphatic carboxylic acids is 1. The van der Waals surface area contributed by atoms with Gasteiger partial charge in [0, 0.05) is 24.3 Å². The SMILES string of the molecule is CC1(C)Oc2ccc(S(=O)(=O)N3CCCCC3)cc2[C@H](N(CC(=O)O)c2ccccc2)[C@H]1O. The second kappa shape index (κ2) is 8.96. The molecule has 0 aliphatic carbocycles. The first-order valence-corrected chi connectivity index (χ1v) is 12.6. The summed E-state index contributed by atoms with van der Waals surface area (Å²) >= 11 is 0. The van der Waals surface area contributed by atoms with Gasteiger partial charge in [-0.15, -0.1) is 0 Å². The molecule has 2 atom stereocenters. The molecule has 0 radical (unpaired) electrons. The quantitative estimate of drug-likeness (QED) is 0.663. The lowest BCUT2D eigenvalue weighted by Gasteiger charge is -2.46. The molecule has 0 spiro atoms. The van der Waals surface area contributed by atoms with Crippen LogP contribution in [0.15, 0.2) is 53.4 Å². The van der Waals surface area contributed by atoms with Crippen LogP contribution >= 0.6 is 0 Å². The largest absolute Gasteiger partial charge is 0.485 e. The molecule has 2 N–H and O–H groups in total. The van der Waals surface area contributed by atoms with Crippen LogP contribution in [0.1, 0.15) is 44.7 Å². The Balaban J connectivity index is 1.84. The Bertz CT molecular complexity index is 1110. The van der Waals surface area contributed by atoms with Crippen molar-refractivity contribution in [1.29, 1.82) is 0 Å². The number of fused-ring (bicyclic) bond motifs is 1. The molecule has 0 bridgehead atoms. The fourth-order valence-electron chi connectivity index (χ4n) is 4.61. The Labute approximate surface area is 194 Å². The van der Waals surface area contributed by atoms with Gasteiger partial charge in [0.1, 0.15) is 24.0 Å². The van der Waals surface area contributed by atoms with Gasteiger partial charge in [-0.3, -0.25) is 4.79 Å². The summed E-state index contributed by atoms with van der Waals surface area (Å²) in [6.45, 7) is 4.05. The van der Waals surface area contributed by atoms with Crippen LogP contribution in [0.3, 0.4) is 0 Å². The summed E-state index contributed by atoms with van der Waals surface area (Å²) in [7, 11) is -3.72. The summed E-state index contributed by atoms with van der Waals surface area (Å²) in [5, 5.41) is 20.9. The topological polar surface area (TPSA) is 107 Å². The number of anilines is 1. The van der Waals surface area contributed by atoms with E-state index in [2.05, 4.69) is 0 Å². The highest BCUT2D eigenvalue weighted by Gasteiger charge is 2.46. The van der Waals surface area contributed by atoms with Gasteiger partial charge in [0.05, 0.1) is 10.9 Å². The molecule has 1 fully saturated rings. The van der Waals surface area contributed by atoms with Crippen molar-refractivity contribution < 1.29 is 28.2 Å². The molecule has 2 aliphatic rings. The third kappa shape index (κ3) is 4.58. The molecule has 4 rings (SSSR count). The van der Waals surface area contributed by atoms with Crippen molar-refractivity contribution in [2.75, 3.05) is 24.5 Å². The van der Waals surface area contributed by atoms with Crippen molar-refractivity contribution in [2.24, 2.45) is 0 Å². The van der Waals surface area contributed by atoms with Crippen LogP contribution < -0.4 is 9.64 Å². The molecule has 178 valence electrons. The zero-order valence-corrected chi connectivity index (χ0v) is 19.7. The zero-order chi connectivity index (χ0) is 23.8. The Morgan fingerprint density at radius 3 is 2.42 bits per heavy atom. The number of piperidine rings is 1. The van der Waals surface area contributed by atoms with Crippen molar-refractivity contribution in [3.63, 3.8) is 0 Å². The van der Waals surface area contributed by atoms with E-state index in [1.807, 2.05) is 6.07 Å². The Morgan fingerprint density at radius 2 is 1.79 bits per heavy atom. The molecule has 2 aromatic carbocycles. The lowest BCUT2D eigenvalue weighted by molar-refractivity contribution is -0.135. The van der Waals surface area contributed by atoms with Gasteiger partial charge < -0.3 is 19.8 Å². The molecule has 0 unspecified atom stereocenters. The highest BCUT2D eigenvalue weighted by molar-refractivity contribution is 7.89. The molecule has 2 aliphatic heterocycles. The normalized spacial score (nSPS) is 22.8. The summed E-state index contributed by atoms with van der Waals surface area (Å²) in [5.74, 6) is -0.631. The molecule has 33 heavy (non-hydrogen) atoms. The van der Waals surface area contributed by atoms with Crippen molar-refractivity contribution in [2.45, 2.75) is 55.8 Å². The van der Waals surface area contributed by atoms with Crippen LogP contribution in [-0.4, -0.2) is 60.2 Å². The molecule has 1 saturated heterocycles. The summed E-state index contributed by atoms with van der Waals surface area (Å²) in [6, 6.07) is 12.8. The molecule has 0 saturated carbocycles. The molecular weight excluding hydrogens is 444 g/mol. The Morgan fingerprint density at radius 1 is 1.12 bits per heavy atom. The Hall–Kier alpha value is -2.62. The van der Waals surface area contributed by atoms with E-state index in [4.69, 9.17) is 4.74 Å². The number of rotatable bonds is 6. The van der Waals surface area contributed by atoms with Gasteiger partial charge in [0.2, 0.25) is 10.0 Å². The van der Waals surface area contributed by atoms with Crippen LogP contribution in [-0.2, 0) is 14.8 Å². The number of para-hydroxylation sites is 1. The predicted molar refractivity (Wildman–Crippen MR) is 124 cm³/mol. The standard InChI is InChI=1S/C24H30N2O6S/c1-24(2)23(29)22(26(16-21(27)28)17-9-5-3-6-10-17)19-15-18(11-12-20(19)32-24)33(30,31)25-13-7-4-8-14-25/h3,5-6,9-12,15,22-23,29H,4,7-8,13-14,16H2,1-2H3,(H,27,28)/t22-,23+/m0/s1. The number of hydrogen-bond donors (Lipinski definition) is 2. The minimum absolute atomic E-state index is 0.118. The Kier molecular flexibility index (Phi) is 6.39. The number of aliphatic hydroxyl groups excluding tert-OH is 1. The van der Waals surface area contributed by atoms with E-state index in [0.717, 1.165) is 19.3 Å². The highest BCUT2D eigenvalue weighted by Crippen LogP contribution is 2.45. The van der Waals surface area contributed by atoms with Gasteiger partial charge >= 0.3 is 5.97 Å². The second-order valence-electron chi connectivity index (χ2n) is 9.12. The molecule has 0 aromatic heterocycles. The lowest BCUT2D eigenvalue weighted by Crippen LogP contribution is -2.54. The van der Waals surface area contributed by atoms with Crippen molar-refractivity contribution in [3.8, 4) is 5.75 Å². The molecule has 0 amide bonds. The monoisotopic (exact) mass is 474 g/mol. The predicted octanol–water partition coefficient (Wildman–Crippen LogP) is 3.03. The number of sulfonamides is 1. The zero-order valence-electron chi connectivity index (χ0n) is 18.8. The minimum atomic E-state index is -3.72. The summed E-state index contributed by atoms with van der Waals surface area (Å²) < 4.78 is 34.2. The van der Waals surface area contributed by atoms with Gasteiger partial charge in [-0.25, -0.2) is 8.42 Å². The van der Waals surface area contributed by atoms with E-state index in [1.165, 1.54) is 16.4 Å². The lowest BCUT2D eigenvalue weighted by atomic mass is 9.85. The number of benzene rings is 2. The number of carbonyl (C=O) groups is 1. The molecule has 8 nitrogen and oxygen atoms in total. The van der Waals surface area contributed by atoms with Crippen LogP contribution in [0.25, 0.3) is 0 Å². The van der Waals surface area contributed by atoms with E-state index in [-0.39, 0.29) is 11.4 Å². The van der Waals surface area contributed by atoms with Gasteiger partial charge in [0.25, 0.3) is 0 Å². The van der Waals surface area contributed by atoms with Gasteiger partial charge in [0.15, 0.2) is 0 Å². The number of nitrogens with zero attached hydrogens (tertiary/aromatic N) is 2. The van der Waals surface area contributed by atoms with Crippen LogP contribution in [0.2, 0.25) is 0 Å². The second-order valence-corrected chi connectivity index (χ2v) is 11.1. The van der Waals surface area contributed by atoms with E-state index in [9.17, 15) is 23.4 Å². The maximum Gasteiger partial charge on any atom is 0.323 e. The fraction of sp³-hybridized carbons (Fsp3) is 0.458. The molecule has 9 heteroatoms. The van der Waals surface area contributed by atoms with Gasteiger partial charge in [-0.2, -0.15) is 4.31 Å². The van der Waals surface area contributed by atoms with Gasteiger partial charge in [-0.05, 0) is 57.0 Å². The third-order valence-electron chi connectivity index (χ3n) is 6.37. The average Bonchev–Trinajstić information content (AvgIpc) is 2.79. The van der Waals surface area contributed by atoms with Gasteiger partial charge in [-0.1, -0.05) is 24.6 Å². The maximum absolute atomic E-state index is 13.3. The summed E-state index contributed by atoms with van der Waals surface area (Å²) in [4.78, 5) is 13.5. The van der Waals surface area contributed by atoms with E-state index < -0.39 is 33.7 Å². The summed E-state index contributed by atoms with van der Waals surface area (Å²) in [5.41, 5.74) is 0.0399. The maximum atomic E-state index is 13.3. The van der Waals surface area contributed by atoms with E-state index in [0.29, 0.717) is 30.1 Å². The molecule has 2 aromatic rings. The number of ether oxygens (including phenoxy) is 1. The minimum Gasteiger partial charge on any atom is -0.485 e. The number of hydrogen-bond acceptors (Lipinski definition) is 6. The van der Waals surface area contributed by atoms with Crippen LogP contribution in [0.5, 0.6) is 5.75 Å². The first-order chi connectivity index (χ1) is 15.6. The average molecular weight is 475 g/mol. The van der Waals surface area contributed by atoms with Crippen LogP contribution in [0.4, 0.5) is 5.69 Å². The summed E-state index contributed by atoms with van der Waals surface area (Å²) in [6.07, 6.45) is 1.54. The number of aliphatic hydroxyl groups is 1. The van der Waals surface area contributed by atoms with Crippen molar-refractivity contribution in [1.82, 2.24) is 4.31 Å². The molecule has 2 heterocycles. The van der Waals surface area contributed by atoms with Crippen molar-refractivity contribution in [3.05, 3.63) is 54.1 Å². The number of carboxylic acids is 1. The third-order valence-corrected chi connectivity index (χ3v) is 8.26. The highest BCUT2D eigenvalue weighted by atomic mass is 32.2. The number of carboxylic acid groups (broad SMARTS) is 1. The smallest absolute Gasteiger partial charge is 0.323 e. The van der Waals surface area contributed by atoms with E-state index in [1.54, 1.807) is 49.1 Å². The first kappa shape index (κ1) is 23.5.